The van der Waals surface area contributed by atoms with Crippen molar-refractivity contribution in [1.82, 2.24) is 0 Å². The topological polar surface area (TPSA) is 29.5 Å². The second kappa shape index (κ2) is 7.27. The van der Waals surface area contributed by atoms with E-state index in [-0.39, 0.29) is 23.5 Å². The summed E-state index contributed by atoms with van der Waals surface area (Å²) < 4.78 is 6.86. The minimum absolute atomic E-state index is 0.174. The first-order valence-corrected chi connectivity index (χ1v) is 10.3. The molecule has 0 bridgehead atoms. The third-order valence-electron chi connectivity index (χ3n) is 6.75. The zero-order valence-corrected chi connectivity index (χ0v) is 17.4. The van der Waals surface area contributed by atoms with E-state index < -0.39 is 0 Å². The highest BCUT2D eigenvalue weighted by molar-refractivity contribution is 4.95. The van der Waals surface area contributed by atoms with E-state index >= 15 is 0 Å². The highest BCUT2D eigenvalue weighted by Crippen LogP contribution is 2.47. The van der Waals surface area contributed by atoms with Gasteiger partial charge in [0.25, 0.3) is 0 Å². The fourth-order valence-corrected chi connectivity index (χ4v) is 5.40. The molecule has 1 unspecified atom stereocenters. The quantitative estimate of drug-likeness (QED) is 0.715. The van der Waals surface area contributed by atoms with Crippen molar-refractivity contribution in [2.24, 2.45) is 34.5 Å². The Bertz CT molecular complexity index is 410. The first-order chi connectivity index (χ1) is 10.9. The molecule has 2 saturated carbocycles. The Labute approximate surface area is 150 Å². The lowest BCUT2D eigenvalue weighted by molar-refractivity contribution is -0.168. The summed E-state index contributed by atoms with van der Waals surface area (Å²) in [6.45, 7) is 18.5. The molecular weight excluding hydrogens is 296 g/mol. The molecular formula is C22H42O2. The van der Waals surface area contributed by atoms with Gasteiger partial charge in [-0.15, -0.1) is 0 Å². The molecule has 0 saturated heterocycles. The molecule has 0 aromatic carbocycles. The third kappa shape index (κ3) is 4.75. The summed E-state index contributed by atoms with van der Waals surface area (Å²) in [5, 5.41) is 10.8. The van der Waals surface area contributed by atoms with E-state index in [2.05, 4.69) is 55.4 Å². The van der Waals surface area contributed by atoms with Crippen LogP contribution in [0.25, 0.3) is 0 Å². The monoisotopic (exact) mass is 338 g/mol. The molecule has 0 radical (unpaired) electrons. The van der Waals surface area contributed by atoms with Gasteiger partial charge in [-0.1, -0.05) is 55.4 Å². The Morgan fingerprint density at radius 3 is 1.96 bits per heavy atom. The molecule has 2 fully saturated rings. The minimum atomic E-state index is -0.229. The average Bonchev–Trinajstić information content (AvgIpc) is 2.34. The molecule has 0 spiro atoms. The smallest absolute Gasteiger partial charge is 0.0639 e. The maximum absolute atomic E-state index is 10.8. The van der Waals surface area contributed by atoms with E-state index in [1.165, 1.54) is 12.8 Å². The van der Waals surface area contributed by atoms with Gasteiger partial charge in [-0.05, 0) is 60.7 Å². The van der Waals surface area contributed by atoms with Crippen molar-refractivity contribution in [3.05, 3.63) is 0 Å². The zero-order chi connectivity index (χ0) is 18.3. The SMILES string of the molecule is CC(C)[C@H]1C(O[C@@H]2CC(C)(C)CC[C@H]2C(C)C)CC(C)(C)C[C@@H]1O. The summed E-state index contributed by atoms with van der Waals surface area (Å²) in [4.78, 5) is 0. The van der Waals surface area contributed by atoms with Crippen LogP contribution in [0.2, 0.25) is 0 Å². The van der Waals surface area contributed by atoms with Gasteiger partial charge in [0.1, 0.15) is 0 Å². The number of hydrogen-bond acceptors (Lipinski definition) is 2. The van der Waals surface area contributed by atoms with Gasteiger partial charge in [-0.2, -0.15) is 0 Å². The minimum Gasteiger partial charge on any atom is -0.393 e. The van der Waals surface area contributed by atoms with Crippen LogP contribution >= 0.6 is 0 Å². The van der Waals surface area contributed by atoms with Crippen LogP contribution in [0.5, 0.6) is 0 Å². The van der Waals surface area contributed by atoms with E-state index in [0.717, 1.165) is 19.3 Å². The molecule has 0 aromatic rings. The van der Waals surface area contributed by atoms with Gasteiger partial charge in [0, 0.05) is 5.92 Å². The van der Waals surface area contributed by atoms with Gasteiger partial charge in [0.05, 0.1) is 18.3 Å². The van der Waals surface area contributed by atoms with Crippen molar-refractivity contribution in [3.8, 4) is 0 Å². The van der Waals surface area contributed by atoms with Crippen LogP contribution < -0.4 is 0 Å². The molecule has 0 aromatic heterocycles. The van der Waals surface area contributed by atoms with Crippen molar-refractivity contribution in [3.63, 3.8) is 0 Å². The van der Waals surface area contributed by atoms with Crippen LogP contribution in [-0.4, -0.2) is 23.4 Å². The predicted octanol–water partition coefficient (Wildman–Crippen LogP) is 5.68. The molecule has 2 aliphatic carbocycles. The standard InChI is InChI=1S/C22H42O2/c1-14(2)16-9-10-21(5,6)12-18(16)24-19-13-22(7,8)11-17(23)20(19)15(3)4/h14-20,23H,9-13H2,1-8H3/t16-,17-,18+,19?,20+/m0/s1. The van der Waals surface area contributed by atoms with E-state index in [1.807, 2.05) is 0 Å². The third-order valence-corrected chi connectivity index (χ3v) is 6.75. The lowest BCUT2D eigenvalue weighted by Gasteiger charge is -2.49. The summed E-state index contributed by atoms with van der Waals surface area (Å²) in [5.74, 6) is 2.07. The fourth-order valence-electron chi connectivity index (χ4n) is 5.40. The van der Waals surface area contributed by atoms with Gasteiger partial charge >= 0.3 is 0 Å². The van der Waals surface area contributed by atoms with Gasteiger partial charge in [0.2, 0.25) is 0 Å². The number of aliphatic hydroxyl groups excluding tert-OH is 1. The average molecular weight is 339 g/mol. The lowest BCUT2D eigenvalue weighted by Crippen LogP contribution is -2.50. The maximum atomic E-state index is 10.8. The molecule has 142 valence electrons. The molecule has 24 heavy (non-hydrogen) atoms. The molecule has 5 atom stereocenters. The normalized spacial score (nSPS) is 39.4. The molecule has 0 amide bonds. The predicted molar refractivity (Wildman–Crippen MR) is 102 cm³/mol. The van der Waals surface area contributed by atoms with Gasteiger partial charge in [-0.25, -0.2) is 0 Å². The van der Waals surface area contributed by atoms with Crippen LogP contribution in [0.1, 0.15) is 87.5 Å². The highest BCUT2D eigenvalue weighted by atomic mass is 16.5. The largest absolute Gasteiger partial charge is 0.393 e. The van der Waals surface area contributed by atoms with Crippen LogP contribution in [0.4, 0.5) is 0 Å². The fraction of sp³-hybridized carbons (Fsp3) is 1.00. The Balaban J connectivity index is 2.19. The molecule has 2 aliphatic rings. The second-order valence-electron chi connectivity index (χ2n) is 11.0. The molecule has 0 aliphatic heterocycles. The van der Waals surface area contributed by atoms with Crippen LogP contribution in [-0.2, 0) is 4.74 Å². The van der Waals surface area contributed by atoms with Crippen LogP contribution in [0, 0.1) is 34.5 Å². The number of rotatable bonds is 4. The second-order valence-corrected chi connectivity index (χ2v) is 11.0. The molecule has 2 heteroatoms. The number of hydrogen-bond donors (Lipinski definition) is 1. The summed E-state index contributed by atoms with van der Waals surface area (Å²) in [6, 6.07) is 0. The summed E-state index contributed by atoms with van der Waals surface area (Å²) in [6.07, 6.45) is 6.04. The zero-order valence-electron chi connectivity index (χ0n) is 17.4. The molecule has 2 rings (SSSR count). The highest BCUT2D eigenvalue weighted by Gasteiger charge is 2.45. The van der Waals surface area contributed by atoms with E-state index in [1.54, 1.807) is 0 Å². The van der Waals surface area contributed by atoms with Crippen molar-refractivity contribution in [2.75, 3.05) is 0 Å². The Morgan fingerprint density at radius 1 is 0.833 bits per heavy atom. The Morgan fingerprint density at radius 2 is 1.42 bits per heavy atom. The van der Waals surface area contributed by atoms with Crippen LogP contribution in [0.15, 0.2) is 0 Å². The first kappa shape index (κ1) is 20.2. The van der Waals surface area contributed by atoms with Gasteiger partial charge in [-0.3, -0.25) is 0 Å². The Hall–Kier alpha value is -0.0800. The summed E-state index contributed by atoms with van der Waals surface area (Å²) in [7, 11) is 0. The Kier molecular flexibility index (Phi) is 6.13. The van der Waals surface area contributed by atoms with Crippen molar-refractivity contribution in [1.29, 1.82) is 0 Å². The van der Waals surface area contributed by atoms with E-state index in [4.69, 9.17) is 4.74 Å². The molecule has 1 N–H and O–H groups in total. The molecule has 2 nitrogen and oxygen atoms in total. The maximum Gasteiger partial charge on any atom is 0.0639 e. The lowest BCUT2D eigenvalue weighted by atomic mass is 9.65. The van der Waals surface area contributed by atoms with Crippen LogP contribution in [0.3, 0.4) is 0 Å². The van der Waals surface area contributed by atoms with Crippen molar-refractivity contribution >= 4 is 0 Å². The number of ether oxygens (including phenoxy) is 1. The van der Waals surface area contributed by atoms with Gasteiger partial charge in [0.15, 0.2) is 0 Å². The van der Waals surface area contributed by atoms with Gasteiger partial charge < -0.3 is 9.84 Å². The summed E-state index contributed by atoms with van der Waals surface area (Å²) >= 11 is 0. The number of aliphatic hydroxyl groups is 1. The van der Waals surface area contributed by atoms with Crippen molar-refractivity contribution < 1.29 is 9.84 Å². The summed E-state index contributed by atoms with van der Waals surface area (Å²) in [5.41, 5.74) is 0.555. The molecule has 0 heterocycles. The van der Waals surface area contributed by atoms with E-state index in [0.29, 0.717) is 29.3 Å². The van der Waals surface area contributed by atoms with E-state index in [9.17, 15) is 5.11 Å². The first-order valence-electron chi connectivity index (χ1n) is 10.3. The van der Waals surface area contributed by atoms with Crippen molar-refractivity contribution in [2.45, 2.75) is 106 Å².